The molecule has 5 nitrogen and oxygen atoms in total. The number of aryl methyl sites for hydroxylation is 2. The summed E-state index contributed by atoms with van der Waals surface area (Å²) in [6.45, 7) is 13.8. The zero-order valence-corrected chi connectivity index (χ0v) is 20.2. The van der Waals surface area contributed by atoms with Gasteiger partial charge >= 0.3 is 5.69 Å². The van der Waals surface area contributed by atoms with Crippen molar-refractivity contribution >= 4 is 0 Å². The highest BCUT2D eigenvalue weighted by Crippen LogP contribution is 2.19. The molecule has 0 saturated carbocycles. The van der Waals surface area contributed by atoms with Crippen molar-refractivity contribution < 1.29 is 21.5 Å². The van der Waals surface area contributed by atoms with Crippen molar-refractivity contribution in [3.8, 4) is 0 Å². The zero-order chi connectivity index (χ0) is 20.7. The molecule has 0 unspecified atom stereocenters. The molecule has 1 aromatic heterocycles. The van der Waals surface area contributed by atoms with Gasteiger partial charge in [0.05, 0.1) is 19.6 Å². The number of quaternary nitrogens is 1. The van der Waals surface area contributed by atoms with Gasteiger partial charge in [-0.3, -0.25) is 13.9 Å². The van der Waals surface area contributed by atoms with Gasteiger partial charge in [0.1, 0.15) is 6.54 Å². The van der Waals surface area contributed by atoms with Gasteiger partial charge in [-0.1, -0.05) is 24.3 Å². The largest absolute Gasteiger partial charge is 1.00 e. The fourth-order valence-corrected chi connectivity index (χ4v) is 3.94. The molecule has 0 aliphatic rings. The maximum Gasteiger partial charge on any atom is 0.330 e. The third kappa shape index (κ3) is 6.41. The Morgan fingerprint density at radius 1 is 0.966 bits per heavy atom. The summed E-state index contributed by atoms with van der Waals surface area (Å²) in [5.74, 6) is 0. The van der Waals surface area contributed by atoms with Crippen LogP contribution < -0.4 is 28.2 Å². The summed E-state index contributed by atoms with van der Waals surface area (Å²) in [5, 5.41) is 0. The molecule has 0 fully saturated rings. The van der Waals surface area contributed by atoms with E-state index >= 15 is 0 Å². The Morgan fingerprint density at radius 3 is 2.24 bits per heavy atom. The van der Waals surface area contributed by atoms with E-state index in [0.717, 1.165) is 55.6 Å². The van der Waals surface area contributed by atoms with E-state index in [2.05, 4.69) is 45.0 Å². The summed E-state index contributed by atoms with van der Waals surface area (Å²) < 4.78 is 4.01. The van der Waals surface area contributed by atoms with Crippen molar-refractivity contribution in [2.45, 2.75) is 60.0 Å². The number of hydrogen-bond acceptors (Lipinski definition) is 2. The van der Waals surface area contributed by atoms with E-state index in [4.69, 9.17) is 0 Å². The molecule has 6 heteroatoms. The highest BCUT2D eigenvalue weighted by Gasteiger charge is 2.23. The van der Waals surface area contributed by atoms with E-state index in [1.807, 2.05) is 6.92 Å². The SMILES string of the molecule is CC[N+](CC)(CCCCCn1c(C)cc(=O)n(C)c1=O)Cc1ccccc1C.[Br-]. The minimum Gasteiger partial charge on any atom is -1.00 e. The van der Waals surface area contributed by atoms with E-state index in [0.29, 0.717) is 6.54 Å². The first kappa shape index (κ1) is 25.4. The number of unbranched alkanes of at least 4 members (excludes halogenated alkanes) is 2. The van der Waals surface area contributed by atoms with Gasteiger partial charge in [0.25, 0.3) is 5.56 Å². The Labute approximate surface area is 185 Å². The summed E-state index contributed by atoms with van der Waals surface area (Å²) in [5.41, 5.74) is 3.12. The molecule has 0 bridgehead atoms. The second kappa shape index (κ2) is 11.5. The van der Waals surface area contributed by atoms with Crippen LogP contribution in [0.15, 0.2) is 39.9 Å². The lowest BCUT2D eigenvalue weighted by molar-refractivity contribution is -0.938. The Morgan fingerprint density at radius 2 is 1.62 bits per heavy atom. The van der Waals surface area contributed by atoms with Gasteiger partial charge in [-0.2, -0.15) is 0 Å². The molecule has 1 heterocycles. The van der Waals surface area contributed by atoms with Crippen molar-refractivity contribution in [1.29, 1.82) is 0 Å². The lowest BCUT2D eigenvalue weighted by atomic mass is 10.1. The number of aromatic nitrogens is 2. The van der Waals surface area contributed by atoms with Crippen molar-refractivity contribution in [2.75, 3.05) is 19.6 Å². The molecule has 29 heavy (non-hydrogen) atoms. The monoisotopic (exact) mass is 465 g/mol. The topological polar surface area (TPSA) is 44.0 Å². The van der Waals surface area contributed by atoms with Gasteiger partial charge in [-0.15, -0.1) is 0 Å². The Hall–Kier alpha value is -1.66. The molecule has 0 aliphatic carbocycles. The van der Waals surface area contributed by atoms with Crippen LogP contribution in [-0.4, -0.2) is 33.3 Å². The first-order chi connectivity index (χ1) is 13.3. The van der Waals surface area contributed by atoms with Gasteiger partial charge in [-0.05, 0) is 52.5 Å². The Kier molecular flexibility index (Phi) is 10.1. The first-order valence-electron chi connectivity index (χ1n) is 10.5. The molecule has 0 aliphatic heterocycles. The minimum absolute atomic E-state index is 0. The maximum absolute atomic E-state index is 12.3. The summed E-state index contributed by atoms with van der Waals surface area (Å²) in [6.07, 6.45) is 3.19. The number of nitrogens with zero attached hydrogens (tertiary/aromatic N) is 3. The van der Waals surface area contributed by atoms with Gasteiger partial charge in [0.2, 0.25) is 0 Å². The number of halogens is 1. The highest BCUT2D eigenvalue weighted by molar-refractivity contribution is 5.24. The maximum atomic E-state index is 12.3. The van der Waals surface area contributed by atoms with E-state index in [9.17, 15) is 9.59 Å². The average molecular weight is 466 g/mol. The van der Waals surface area contributed by atoms with Crippen LogP contribution >= 0.6 is 0 Å². The van der Waals surface area contributed by atoms with E-state index in [-0.39, 0.29) is 28.2 Å². The average Bonchev–Trinajstić information content (AvgIpc) is 2.69. The molecule has 0 N–H and O–H groups in total. The van der Waals surface area contributed by atoms with Gasteiger partial charge in [0.15, 0.2) is 0 Å². The predicted octanol–water partition coefficient (Wildman–Crippen LogP) is 0.395. The fourth-order valence-electron chi connectivity index (χ4n) is 3.94. The molecule has 0 spiro atoms. The molecule has 0 radical (unpaired) electrons. The first-order valence-corrected chi connectivity index (χ1v) is 10.5. The molecule has 162 valence electrons. The molecule has 0 saturated heterocycles. The van der Waals surface area contributed by atoms with E-state index in [1.165, 1.54) is 15.7 Å². The van der Waals surface area contributed by atoms with Crippen molar-refractivity contribution in [2.24, 2.45) is 7.05 Å². The Balaban J connectivity index is 0.00000420. The van der Waals surface area contributed by atoms with Crippen LogP contribution in [0.2, 0.25) is 0 Å². The third-order valence-electron chi connectivity index (χ3n) is 6.23. The molecule has 2 rings (SSSR count). The smallest absolute Gasteiger partial charge is 0.330 e. The summed E-state index contributed by atoms with van der Waals surface area (Å²) in [6, 6.07) is 10.2. The normalized spacial score (nSPS) is 11.3. The summed E-state index contributed by atoms with van der Waals surface area (Å²) in [7, 11) is 1.54. The van der Waals surface area contributed by atoms with Gasteiger partial charge in [-0.25, -0.2) is 4.79 Å². The standard InChI is InChI=1S/C23H36N3O2.BrH/c1-6-26(7-2,18-21-14-10-9-13-19(21)3)16-12-8-11-15-25-20(4)17-22(27)24(5)23(25)28;/h9-10,13-14,17H,6-8,11-12,15-16,18H2,1-5H3;1H/q+1;/p-1. The third-order valence-corrected chi connectivity index (χ3v) is 6.23. The van der Waals surface area contributed by atoms with Crippen LogP contribution in [0, 0.1) is 13.8 Å². The quantitative estimate of drug-likeness (QED) is 0.376. The van der Waals surface area contributed by atoms with E-state index < -0.39 is 0 Å². The van der Waals surface area contributed by atoms with Crippen LogP contribution in [-0.2, 0) is 20.1 Å². The van der Waals surface area contributed by atoms with Crippen LogP contribution in [0.1, 0.15) is 49.9 Å². The highest BCUT2D eigenvalue weighted by atomic mass is 79.9. The van der Waals surface area contributed by atoms with Crippen molar-refractivity contribution in [3.63, 3.8) is 0 Å². The van der Waals surface area contributed by atoms with Crippen LogP contribution in [0.3, 0.4) is 0 Å². The number of hydrogen-bond donors (Lipinski definition) is 0. The second-order valence-electron chi connectivity index (χ2n) is 7.96. The number of rotatable bonds is 10. The zero-order valence-electron chi connectivity index (χ0n) is 18.6. The van der Waals surface area contributed by atoms with Crippen LogP contribution in [0.25, 0.3) is 0 Å². The Bertz CT molecular complexity index is 898. The molecular weight excluding hydrogens is 430 g/mol. The van der Waals surface area contributed by atoms with Crippen molar-refractivity contribution in [1.82, 2.24) is 9.13 Å². The fraction of sp³-hybridized carbons (Fsp3) is 0.565. The predicted molar refractivity (Wildman–Crippen MR) is 116 cm³/mol. The summed E-state index contributed by atoms with van der Waals surface area (Å²) >= 11 is 0. The molecule has 1 aromatic carbocycles. The van der Waals surface area contributed by atoms with Crippen molar-refractivity contribution in [3.05, 3.63) is 68.0 Å². The minimum atomic E-state index is -0.233. The molecular formula is C23H36BrN3O2. The molecule has 2 aromatic rings. The molecule has 0 amide bonds. The number of benzene rings is 1. The molecule has 0 atom stereocenters. The van der Waals surface area contributed by atoms with Gasteiger partial charge < -0.3 is 21.5 Å². The van der Waals surface area contributed by atoms with Crippen LogP contribution in [0.4, 0.5) is 0 Å². The van der Waals surface area contributed by atoms with Crippen LogP contribution in [0.5, 0.6) is 0 Å². The second-order valence-corrected chi connectivity index (χ2v) is 7.96. The lowest BCUT2D eigenvalue weighted by Gasteiger charge is -2.37. The summed E-state index contributed by atoms with van der Waals surface area (Å²) in [4.78, 5) is 24.0. The van der Waals surface area contributed by atoms with E-state index in [1.54, 1.807) is 17.7 Å². The van der Waals surface area contributed by atoms with Gasteiger partial charge in [0, 0.05) is 30.9 Å². The lowest BCUT2D eigenvalue weighted by Crippen LogP contribution is -3.00.